The molecule has 0 heterocycles. The van der Waals surface area contributed by atoms with Crippen LogP contribution < -0.4 is 5.32 Å². The Morgan fingerprint density at radius 1 is 1.04 bits per heavy atom. The van der Waals surface area contributed by atoms with E-state index >= 15 is 0 Å². The van der Waals surface area contributed by atoms with Crippen molar-refractivity contribution in [2.24, 2.45) is 0 Å². The summed E-state index contributed by atoms with van der Waals surface area (Å²) in [5, 5.41) is 11.7. The number of carboxylic acid groups (broad SMARTS) is 1. The molecular weight excluding hydrogens is 340 g/mol. The lowest BCUT2D eigenvalue weighted by atomic mass is 10.1. The van der Waals surface area contributed by atoms with E-state index in [2.05, 4.69) is 24.1 Å². The Morgan fingerprint density at radius 2 is 1.78 bits per heavy atom. The Bertz CT molecular complexity index is 756. The van der Waals surface area contributed by atoms with Gasteiger partial charge in [-0.3, -0.25) is 14.5 Å². The van der Waals surface area contributed by atoms with Crippen molar-refractivity contribution < 1.29 is 14.7 Å². The van der Waals surface area contributed by atoms with Crippen molar-refractivity contribution in [3.8, 4) is 0 Å². The predicted molar refractivity (Wildman–Crippen MR) is 108 cm³/mol. The number of amides is 1. The van der Waals surface area contributed by atoms with Gasteiger partial charge in [-0.15, -0.1) is 0 Å². The third kappa shape index (κ3) is 6.87. The number of aryl methyl sites for hydroxylation is 1. The van der Waals surface area contributed by atoms with Crippen LogP contribution in [0, 0.1) is 0 Å². The van der Waals surface area contributed by atoms with E-state index in [-0.39, 0.29) is 12.3 Å². The monoisotopic (exact) mass is 368 g/mol. The molecule has 2 aromatic carbocycles. The summed E-state index contributed by atoms with van der Waals surface area (Å²) >= 11 is 0. The SMILES string of the molecule is CCCN(CC)Cc1ccc(C(=O)Nc2cccc(CCC(=O)O)c2)cc1. The molecule has 0 unspecified atom stereocenters. The largest absolute Gasteiger partial charge is 0.481 e. The molecule has 0 saturated carbocycles. The van der Waals surface area contributed by atoms with Gasteiger partial charge in [0.2, 0.25) is 0 Å². The first-order chi connectivity index (χ1) is 13.0. The first kappa shape index (κ1) is 20.6. The van der Waals surface area contributed by atoms with Crippen molar-refractivity contribution in [1.29, 1.82) is 0 Å². The number of nitrogens with one attached hydrogen (secondary N) is 1. The Kier molecular flexibility index (Phi) is 8.01. The molecule has 0 atom stereocenters. The molecule has 2 rings (SSSR count). The minimum Gasteiger partial charge on any atom is -0.481 e. The second-order valence-electron chi connectivity index (χ2n) is 6.61. The van der Waals surface area contributed by atoms with Gasteiger partial charge in [0.25, 0.3) is 5.91 Å². The lowest BCUT2D eigenvalue weighted by Crippen LogP contribution is -2.23. The zero-order chi connectivity index (χ0) is 19.6. The molecule has 0 spiro atoms. The number of rotatable bonds is 10. The molecule has 0 fully saturated rings. The van der Waals surface area contributed by atoms with Crippen molar-refractivity contribution in [1.82, 2.24) is 4.90 Å². The summed E-state index contributed by atoms with van der Waals surface area (Å²) in [6, 6.07) is 15.0. The summed E-state index contributed by atoms with van der Waals surface area (Å²) in [7, 11) is 0. The number of hydrogen-bond acceptors (Lipinski definition) is 3. The van der Waals surface area contributed by atoms with Gasteiger partial charge >= 0.3 is 5.97 Å². The summed E-state index contributed by atoms with van der Waals surface area (Å²) in [5.41, 5.74) is 3.36. The predicted octanol–water partition coefficient (Wildman–Crippen LogP) is 4.19. The topological polar surface area (TPSA) is 69.6 Å². The fourth-order valence-electron chi connectivity index (χ4n) is 2.94. The van der Waals surface area contributed by atoms with Crippen molar-refractivity contribution in [3.63, 3.8) is 0 Å². The minimum absolute atomic E-state index is 0.0751. The molecule has 5 nitrogen and oxygen atoms in total. The second-order valence-corrected chi connectivity index (χ2v) is 6.61. The quantitative estimate of drug-likeness (QED) is 0.660. The molecule has 0 aliphatic rings. The van der Waals surface area contributed by atoms with Crippen LogP contribution in [0.25, 0.3) is 0 Å². The normalized spacial score (nSPS) is 10.8. The molecule has 144 valence electrons. The van der Waals surface area contributed by atoms with Crippen LogP contribution in [0.15, 0.2) is 48.5 Å². The van der Waals surface area contributed by atoms with Gasteiger partial charge in [-0.25, -0.2) is 0 Å². The lowest BCUT2D eigenvalue weighted by molar-refractivity contribution is -0.136. The Hall–Kier alpha value is -2.66. The van der Waals surface area contributed by atoms with Gasteiger partial charge in [-0.05, 0) is 61.3 Å². The van der Waals surface area contributed by atoms with Gasteiger partial charge in [-0.1, -0.05) is 38.1 Å². The van der Waals surface area contributed by atoms with E-state index in [0.29, 0.717) is 17.7 Å². The molecule has 2 aromatic rings. The minimum atomic E-state index is -0.829. The zero-order valence-corrected chi connectivity index (χ0v) is 16.1. The van der Waals surface area contributed by atoms with Gasteiger partial charge in [0, 0.05) is 24.2 Å². The number of carboxylic acids is 1. The van der Waals surface area contributed by atoms with Crippen LogP contribution in [-0.4, -0.2) is 35.0 Å². The van der Waals surface area contributed by atoms with Crippen LogP contribution in [0.3, 0.4) is 0 Å². The van der Waals surface area contributed by atoms with Crippen LogP contribution >= 0.6 is 0 Å². The molecule has 0 aromatic heterocycles. The molecule has 1 amide bonds. The maximum Gasteiger partial charge on any atom is 0.303 e. The third-order valence-electron chi connectivity index (χ3n) is 4.42. The number of hydrogen-bond donors (Lipinski definition) is 2. The van der Waals surface area contributed by atoms with Gasteiger partial charge < -0.3 is 10.4 Å². The van der Waals surface area contributed by atoms with E-state index in [0.717, 1.165) is 31.6 Å². The summed E-state index contributed by atoms with van der Waals surface area (Å²) in [6.07, 6.45) is 1.64. The van der Waals surface area contributed by atoms with E-state index in [1.165, 1.54) is 5.56 Å². The number of nitrogens with zero attached hydrogens (tertiary/aromatic N) is 1. The molecule has 27 heavy (non-hydrogen) atoms. The molecule has 2 N–H and O–H groups in total. The fourth-order valence-corrected chi connectivity index (χ4v) is 2.94. The number of carbonyl (C=O) groups excluding carboxylic acids is 1. The summed E-state index contributed by atoms with van der Waals surface area (Å²) in [5.74, 6) is -0.997. The van der Waals surface area contributed by atoms with Gasteiger partial charge in [0.05, 0.1) is 0 Å². The average Bonchev–Trinajstić information content (AvgIpc) is 2.67. The van der Waals surface area contributed by atoms with E-state index in [9.17, 15) is 9.59 Å². The summed E-state index contributed by atoms with van der Waals surface area (Å²) < 4.78 is 0. The second kappa shape index (κ2) is 10.5. The maximum absolute atomic E-state index is 12.5. The number of benzene rings is 2. The number of aliphatic carboxylic acids is 1. The highest BCUT2D eigenvalue weighted by Gasteiger charge is 2.08. The standard InChI is InChI=1S/C22H28N2O3/c1-3-14-24(4-2)16-18-8-11-19(12-9-18)22(27)23-20-7-5-6-17(15-20)10-13-21(25)26/h5-9,11-12,15H,3-4,10,13-14,16H2,1-2H3,(H,23,27)(H,25,26). The summed E-state index contributed by atoms with van der Waals surface area (Å²) in [4.78, 5) is 25.5. The highest BCUT2D eigenvalue weighted by Crippen LogP contribution is 2.15. The van der Waals surface area contributed by atoms with E-state index in [1.807, 2.05) is 42.5 Å². The smallest absolute Gasteiger partial charge is 0.303 e. The first-order valence-corrected chi connectivity index (χ1v) is 9.45. The first-order valence-electron chi connectivity index (χ1n) is 9.45. The highest BCUT2D eigenvalue weighted by atomic mass is 16.4. The van der Waals surface area contributed by atoms with Crippen molar-refractivity contribution in [2.75, 3.05) is 18.4 Å². The van der Waals surface area contributed by atoms with Crippen molar-refractivity contribution >= 4 is 17.6 Å². The van der Waals surface area contributed by atoms with Crippen molar-refractivity contribution in [3.05, 3.63) is 65.2 Å². The zero-order valence-electron chi connectivity index (χ0n) is 16.1. The Balaban J connectivity index is 1.97. The van der Waals surface area contributed by atoms with Crippen LogP contribution in [-0.2, 0) is 17.8 Å². The Morgan fingerprint density at radius 3 is 2.41 bits per heavy atom. The lowest BCUT2D eigenvalue weighted by Gasteiger charge is -2.19. The van der Waals surface area contributed by atoms with Crippen LogP contribution in [0.4, 0.5) is 5.69 Å². The van der Waals surface area contributed by atoms with Crippen molar-refractivity contribution in [2.45, 2.75) is 39.7 Å². The molecule has 0 saturated heterocycles. The molecule has 0 radical (unpaired) electrons. The summed E-state index contributed by atoms with van der Waals surface area (Å²) in [6.45, 7) is 7.29. The van der Waals surface area contributed by atoms with Crippen LogP contribution in [0.5, 0.6) is 0 Å². The Labute approximate surface area is 161 Å². The van der Waals surface area contributed by atoms with E-state index in [4.69, 9.17) is 5.11 Å². The van der Waals surface area contributed by atoms with Gasteiger partial charge in [0.15, 0.2) is 0 Å². The number of carbonyl (C=O) groups is 2. The molecule has 0 aliphatic heterocycles. The maximum atomic E-state index is 12.5. The molecule has 5 heteroatoms. The van der Waals surface area contributed by atoms with Crippen LogP contribution in [0.2, 0.25) is 0 Å². The fraction of sp³-hybridized carbons (Fsp3) is 0.364. The van der Waals surface area contributed by atoms with Gasteiger partial charge in [-0.2, -0.15) is 0 Å². The molecule has 0 aliphatic carbocycles. The number of anilines is 1. The third-order valence-corrected chi connectivity index (χ3v) is 4.42. The van der Waals surface area contributed by atoms with Gasteiger partial charge in [0.1, 0.15) is 0 Å². The van der Waals surface area contributed by atoms with E-state index < -0.39 is 5.97 Å². The van der Waals surface area contributed by atoms with E-state index in [1.54, 1.807) is 6.07 Å². The van der Waals surface area contributed by atoms with Crippen LogP contribution in [0.1, 0.15) is 48.2 Å². The average molecular weight is 368 g/mol. The highest BCUT2D eigenvalue weighted by molar-refractivity contribution is 6.04. The molecular formula is C22H28N2O3. The molecule has 0 bridgehead atoms.